The summed E-state index contributed by atoms with van der Waals surface area (Å²) < 4.78 is 0. The molecule has 0 aromatic rings. The summed E-state index contributed by atoms with van der Waals surface area (Å²) in [7, 11) is 0. The van der Waals surface area contributed by atoms with Crippen LogP contribution in [0.15, 0.2) is 0 Å². The highest BCUT2D eigenvalue weighted by molar-refractivity contribution is 7.80. The van der Waals surface area contributed by atoms with E-state index in [0.29, 0.717) is 0 Å². The van der Waals surface area contributed by atoms with Crippen molar-refractivity contribution in [2.75, 3.05) is 5.75 Å². The molecule has 0 aliphatic rings. The Bertz CT molecular complexity index is 760. The molecule has 180 valence electrons. The van der Waals surface area contributed by atoms with Crippen LogP contribution in [0.5, 0.6) is 0 Å². The molecule has 9 N–H and O–H groups in total. The fraction of sp³-hybridized carbons (Fsp3) is 0.562. The molecule has 16 heteroatoms. The van der Waals surface area contributed by atoms with Gasteiger partial charge in [-0.2, -0.15) is 12.6 Å². The Labute approximate surface area is 186 Å². The lowest BCUT2D eigenvalue weighted by Crippen LogP contribution is -2.57. The molecule has 0 aliphatic heterocycles. The molecule has 0 rings (SSSR count). The van der Waals surface area contributed by atoms with Gasteiger partial charge in [-0.1, -0.05) is 0 Å². The number of rotatable bonds is 15. The van der Waals surface area contributed by atoms with E-state index in [2.05, 4.69) is 17.9 Å². The zero-order valence-corrected chi connectivity index (χ0v) is 17.4. The summed E-state index contributed by atoms with van der Waals surface area (Å²) in [5.74, 6) is -9.52. The second-order valence-electron chi connectivity index (χ2n) is 6.44. The van der Waals surface area contributed by atoms with E-state index in [1.165, 1.54) is 0 Å². The molecule has 0 spiro atoms. The summed E-state index contributed by atoms with van der Waals surface area (Å²) in [4.78, 5) is 80.4. The van der Waals surface area contributed by atoms with Gasteiger partial charge in [0.15, 0.2) is 0 Å². The van der Waals surface area contributed by atoms with Crippen LogP contribution in [0.4, 0.5) is 0 Å². The quantitative estimate of drug-likeness (QED) is 0.104. The van der Waals surface area contributed by atoms with E-state index < -0.39 is 91.4 Å². The van der Waals surface area contributed by atoms with Gasteiger partial charge in [-0.05, 0) is 6.42 Å². The Morgan fingerprint density at radius 3 is 1.59 bits per heavy atom. The molecular formula is C16H24N4O11S. The topological polar surface area (TPSA) is 263 Å². The lowest BCUT2D eigenvalue weighted by Gasteiger charge is -2.24. The Balaban J connectivity index is 5.51. The molecular weight excluding hydrogens is 456 g/mol. The monoisotopic (exact) mass is 480 g/mol. The van der Waals surface area contributed by atoms with E-state index in [4.69, 9.17) is 26.2 Å². The molecule has 0 radical (unpaired) electrons. The first-order chi connectivity index (χ1) is 14.8. The standard InChI is InChI=1S/C16H24N4O11S/c17-6(3-11(23)24)13(27)18-7(1-2-10(21)22)14(28)19-8(4-12(25)26)15(29)20-9(5-32)16(30)31/h6-9,32H,1-5,17H2,(H,18,27)(H,19,28)(H,20,29)(H,21,22)(H,23,24)(H,25,26)(H,30,31). The SMILES string of the molecule is NC(CC(=O)O)C(=O)NC(CCC(=O)O)C(=O)NC(CC(=O)O)C(=O)NC(CS)C(=O)O. The van der Waals surface area contributed by atoms with Gasteiger partial charge >= 0.3 is 23.9 Å². The Hall–Kier alpha value is -3.40. The van der Waals surface area contributed by atoms with Crippen LogP contribution in [-0.2, 0) is 33.6 Å². The smallest absolute Gasteiger partial charge is 0.327 e. The highest BCUT2D eigenvalue weighted by atomic mass is 32.1. The van der Waals surface area contributed by atoms with Crippen LogP contribution in [0.2, 0.25) is 0 Å². The van der Waals surface area contributed by atoms with Crippen LogP contribution < -0.4 is 21.7 Å². The maximum Gasteiger partial charge on any atom is 0.327 e. The second-order valence-corrected chi connectivity index (χ2v) is 6.80. The molecule has 3 amide bonds. The molecule has 0 aromatic carbocycles. The third-order valence-corrected chi connectivity index (χ3v) is 4.19. The number of nitrogens with one attached hydrogen (secondary N) is 3. The summed E-state index contributed by atoms with van der Waals surface area (Å²) in [6, 6.07) is -6.45. The maximum absolute atomic E-state index is 12.5. The molecule has 0 heterocycles. The van der Waals surface area contributed by atoms with Crippen LogP contribution in [0, 0.1) is 0 Å². The lowest BCUT2D eigenvalue weighted by atomic mass is 10.1. The van der Waals surface area contributed by atoms with Gasteiger partial charge in [0.2, 0.25) is 17.7 Å². The zero-order valence-electron chi connectivity index (χ0n) is 16.5. The fourth-order valence-electron chi connectivity index (χ4n) is 2.21. The van der Waals surface area contributed by atoms with Crippen molar-refractivity contribution in [1.82, 2.24) is 16.0 Å². The second kappa shape index (κ2) is 13.8. The van der Waals surface area contributed by atoms with Crippen LogP contribution in [0.1, 0.15) is 25.7 Å². The zero-order chi connectivity index (χ0) is 25.0. The fourth-order valence-corrected chi connectivity index (χ4v) is 2.46. The molecule has 0 fully saturated rings. The number of carboxylic acids is 4. The van der Waals surface area contributed by atoms with Gasteiger partial charge in [-0.25, -0.2) is 4.79 Å². The van der Waals surface area contributed by atoms with Crippen LogP contribution >= 0.6 is 12.6 Å². The van der Waals surface area contributed by atoms with E-state index in [9.17, 15) is 33.6 Å². The third-order valence-electron chi connectivity index (χ3n) is 3.82. The first kappa shape index (κ1) is 28.6. The average molecular weight is 480 g/mol. The first-order valence-corrected chi connectivity index (χ1v) is 9.57. The van der Waals surface area contributed by atoms with Crippen LogP contribution in [0.3, 0.4) is 0 Å². The number of amides is 3. The molecule has 4 atom stereocenters. The lowest BCUT2D eigenvalue weighted by molar-refractivity contribution is -0.143. The van der Waals surface area contributed by atoms with Crippen LogP contribution in [0.25, 0.3) is 0 Å². The number of thiol groups is 1. The van der Waals surface area contributed by atoms with Crippen molar-refractivity contribution >= 4 is 54.2 Å². The number of carboxylic acid groups (broad SMARTS) is 4. The van der Waals surface area contributed by atoms with E-state index in [0.717, 1.165) is 0 Å². The molecule has 32 heavy (non-hydrogen) atoms. The predicted molar refractivity (Wildman–Crippen MR) is 107 cm³/mol. The minimum absolute atomic E-state index is 0.340. The van der Waals surface area contributed by atoms with E-state index >= 15 is 0 Å². The highest BCUT2D eigenvalue weighted by Gasteiger charge is 2.31. The molecule has 0 aliphatic carbocycles. The van der Waals surface area contributed by atoms with Crippen molar-refractivity contribution in [3.05, 3.63) is 0 Å². The van der Waals surface area contributed by atoms with E-state index in [1.807, 2.05) is 10.6 Å². The minimum atomic E-state index is -1.78. The van der Waals surface area contributed by atoms with Gasteiger partial charge in [-0.15, -0.1) is 0 Å². The maximum atomic E-state index is 12.5. The van der Waals surface area contributed by atoms with Gasteiger partial charge in [0.25, 0.3) is 0 Å². The molecule has 0 aromatic heterocycles. The highest BCUT2D eigenvalue weighted by Crippen LogP contribution is 2.03. The number of hydrogen-bond acceptors (Lipinski definition) is 9. The van der Waals surface area contributed by atoms with E-state index in [1.54, 1.807) is 0 Å². The summed E-state index contributed by atoms with van der Waals surface area (Å²) in [5.41, 5.74) is 5.39. The number of aliphatic carboxylic acids is 4. The minimum Gasteiger partial charge on any atom is -0.481 e. The molecule has 0 saturated carbocycles. The van der Waals surface area contributed by atoms with Gasteiger partial charge in [0, 0.05) is 12.2 Å². The van der Waals surface area contributed by atoms with Gasteiger partial charge in [0.05, 0.1) is 18.9 Å². The largest absolute Gasteiger partial charge is 0.481 e. The Kier molecular flexibility index (Phi) is 12.3. The van der Waals surface area contributed by atoms with Crippen molar-refractivity contribution in [2.45, 2.75) is 49.9 Å². The normalized spacial score (nSPS) is 14.2. The molecule has 0 saturated heterocycles. The third kappa shape index (κ3) is 11.1. The van der Waals surface area contributed by atoms with Crippen molar-refractivity contribution in [3.63, 3.8) is 0 Å². The van der Waals surface area contributed by atoms with Crippen molar-refractivity contribution in [1.29, 1.82) is 0 Å². The van der Waals surface area contributed by atoms with Crippen molar-refractivity contribution in [3.8, 4) is 0 Å². The molecule has 15 nitrogen and oxygen atoms in total. The first-order valence-electron chi connectivity index (χ1n) is 8.94. The Morgan fingerprint density at radius 1 is 0.688 bits per heavy atom. The predicted octanol–water partition coefficient (Wildman–Crippen LogP) is -3.40. The summed E-state index contributed by atoms with van der Waals surface area (Å²) in [6.07, 6.45) is -2.87. The average Bonchev–Trinajstić information content (AvgIpc) is 2.66. The number of carbonyl (C=O) groups excluding carboxylic acids is 3. The summed E-state index contributed by atoms with van der Waals surface area (Å²) >= 11 is 3.74. The van der Waals surface area contributed by atoms with Gasteiger partial charge < -0.3 is 42.1 Å². The molecule has 4 unspecified atom stereocenters. The number of carbonyl (C=O) groups is 7. The summed E-state index contributed by atoms with van der Waals surface area (Å²) in [6.45, 7) is 0. The number of hydrogen-bond donors (Lipinski definition) is 9. The van der Waals surface area contributed by atoms with Crippen LogP contribution in [-0.4, -0.2) is 91.9 Å². The van der Waals surface area contributed by atoms with E-state index in [-0.39, 0.29) is 5.75 Å². The molecule has 0 bridgehead atoms. The summed E-state index contributed by atoms with van der Waals surface area (Å²) in [5, 5.41) is 41.5. The van der Waals surface area contributed by atoms with Gasteiger partial charge in [-0.3, -0.25) is 28.8 Å². The Morgan fingerprint density at radius 2 is 1.16 bits per heavy atom. The van der Waals surface area contributed by atoms with Crippen molar-refractivity contribution < 1.29 is 54.0 Å². The number of nitrogens with two attached hydrogens (primary N) is 1. The van der Waals surface area contributed by atoms with Gasteiger partial charge in [0.1, 0.15) is 18.1 Å². The van der Waals surface area contributed by atoms with Crippen molar-refractivity contribution in [2.24, 2.45) is 5.73 Å².